The smallest absolute Gasteiger partial charge is 0.120 e. The normalized spacial score (nSPS) is 11.9. The zero-order chi connectivity index (χ0) is 17.3. The predicted molar refractivity (Wildman–Crippen MR) is 104 cm³/mol. The first-order valence-corrected chi connectivity index (χ1v) is 8.83. The number of rotatable bonds is 8. The van der Waals surface area contributed by atoms with Crippen molar-refractivity contribution in [3.8, 4) is 5.75 Å². The first-order chi connectivity index (χ1) is 12.3. The van der Waals surface area contributed by atoms with Crippen LogP contribution < -0.4 is 10.1 Å². The zero-order valence-corrected chi connectivity index (χ0v) is 14.7. The lowest BCUT2D eigenvalue weighted by Gasteiger charge is -2.18. The summed E-state index contributed by atoms with van der Waals surface area (Å²) in [7, 11) is 2.02. The van der Waals surface area contributed by atoms with E-state index in [1.165, 1.54) is 16.7 Å². The van der Waals surface area contributed by atoms with Gasteiger partial charge in [0.05, 0.1) is 0 Å². The average Bonchev–Trinajstić information content (AvgIpc) is 2.69. The Morgan fingerprint density at radius 3 is 2.16 bits per heavy atom. The van der Waals surface area contributed by atoms with Crippen LogP contribution in [0.25, 0.3) is 0 Å². The molecule has 0 saturated carbocycles. The van der Waals surface area contributed by atoms with Crippen LogP contribution in [0.5, 0.6) is 5.75 Å². The third-order valence-electron chi connectivity index (χ3n) is 4.42. The fourth-order valence-corrected chi connectivity index (χ4v) is 3.00. The van der Waals surface area contributed by atoms with Crippen molar-refractivity contribution in [2.24, 2.45) is 0 Å². The molecule has 1 N–H and O–H groups in total. The summed E-state index contributed by atoms with van der Waals surface area (Å²) in [6.45, 7) is 0.596. The summed E-state index contributed by atoms with van der Waals surface area (Å²) in [5.41, 5.74) is 3.82. The molecule has 0 fully saturated rings. The molecule has 0 saturated heterocycles. The number of nitrogens with one attached hydrogen (secondary N) is 1. The number of ether oxygens (including phenoxy) is 1. The zero-order valence-electron chi connectivity index (χ0n) is 14.7. The molecule has 3 aromatic carbocycles. The minimum absolute atomic E-state index is 0.320. The van der Waals surface area contributed by atoms with Gasteiger partial charge < -0.3 is 10.1 Å². The summed E-state index contributed by atoms with van der Waals surface area (Å²) in [4.78, 5) is 0. The molecule has 3 aromatic rings. The molecule has 0 bridgehead atoms. The molecule has 0 heterocycles. The van der Waals surface area contributed by atoms with E-state index in [9.17, 15) is 0 Å². The van der Waals surface area contributed by atoms with Gasteiger partial charge in [-0.1, -0.05) is 72.8 Å². The monoisotopic (exact) mass is 331 g/mol. The number of hydrogen-bond acceptors (Lipinski definition) is 2. The molecule has 0 aliphatic rings. The Morgan fingerprint density at radius 1 is 0.800 bits per heavy atom. The summed E-state index contributed by atoms with van der Waals surface area (Å²) < 4.78 is 5.96. The van der Waals surface area contributed by atoms with Crippen LogP contribution in [-0.4, -0.2) is 7.05 Å². The Labute approximate surface area is 150 Å². The molecular formula is C23H25NO. The van der Waals surface area contributed by atoms with Gasteiger partial charge in [-0.3, -0.25) is 0 Å². The molecule has 1 atom stereocenters. The first-order valence-electron chi connectivity index (χ1n) is 8.83. The van der Waals surface area contributed by atoms with Crippen molar-refractivity contribution in [3.63, 3.8) is 0 Å². The molecular weight excluding hydrogens is 306 g/mol. The average molecular weight is 331 g/mol. The van der Waals surface area contributed by atoms with Crippen LogP contribution in [0.4, 0.5) is 0 Å². The van der Waals surface area contributed by atoms with Crippen LogP contribution in [0.15, 0.2) is 84.9 Å². The largest absolute Gasteiger partial charge is 0.489 e. The van der Waals surface area contributed by atoms with E-state index < -0.39 is 0 Å². The van der Waals surface area contributed by atoms with Gasteiger partial charge in [0.2, 0.25) is 0 Å². The maximum Gasteiger partial charge on any atom is 0.120 e. The molecule has 1 unspecified atom stereocenters. The van der Waals surface area contributed by atoms with Crippen molar-refractivity contribution >= 4 is 0 Å². The van der Waals surface area contributed by atoms with E-state index in [1.54, 1.807) is 0 Å². The lowest BCUT2D eigenvalue weighted by Crippen LogP contribution is -2.17. The molecule has 0 aliphatic carbocycles. The van der Waals surface area contributed by atoms with Gasteiger partial charge in [-0.05, 0) is 48.7 Å². The Balaban J connectivity index is 1.62. The van der Waals surface area contributed by atoms with Crippen LogP contribution >= 0.6 is 0 Å². The van der Waals surface area contributed by atoms with Crippen LogP contribution in [0.2, 0.25) is 0 Å². The lowest BCUT2D eigenvalue weighted by molar-refractivity contribution is 0.305. The summed E-state index contributed by atoms with van der Waals surface area (Å²) in [5, 5.41) is 3.43. The van der Waals surface area contributed by atoms with Gasteiger partial charge in [0.25, 0.3) is 0 Å². The highest BCUT2D eigenvalue weighted by Gasteiger charge is 2.10. The second-order valence-corrected chi connectivity index (χ2v) is 6.21. The summed E-state index contributed by atoms with van der Waals surface area (Å²) in [5.74, 6) is 0.918. The molecule has 128 valence electrons. The molecule has 0 amide bonds. The molecule has 2 nitrogen and oxygen atoms in total. The molecule has 2 heteroatoms. The number of aryl methyl sites for hydroxylation is 1. The van der Waals surface area contributed by atoms with Crippen molar-refractivity contribution in [2.45, 2.75) is 25.5 Å². The van der Waals surface area contributed by atoms with Gasteiger partial charge in [-0.2, -0.15) is 0 Å². The van der Waals surface area contributed by atoms with E-state index in [2.05, 4.69) is 66.0 Å². The minimum Gasteiger partial charge on any atom is -0.489 e. The molecule has 25 heavy (non-hydrogen) atoms. The number of hydrogen-bond donors (Lipinski definition) is 1. The van der Waals surface area contributed by atoms with Crippen LogP contribution in [0.3, 0.4) is 0 Å². The topological polar surface area (TPSA) is 21.3 Å². The Morgan fingerprint density at radius 2 is 1.48 bits per heavy atom. The molecule has 3 rings (SSSR count). The Hall–Kier alpha value is -2.58. The second-order valence-electron chi connectivity index (χ2n) is 6.21. The fourth-order valence-electron chi connectivity index (χ4n) is 3.00. The van der Waals surface area contributed by atoms with Crippen molar-refractivity contribution in [1.29, 1.82) is 0 Å². The van der Waals surface area contributed by atoms with E-state index >= 15 is 0 Å². The summed E-state index contributed by atoms with van der Waals surface area (Å²) in [6.07, 6.45) is 2.12. The second kappa shape index (κ2) is 9.05. The lowest BCUT2D eigenvalue weighted by atomic mass is 9.99. The highest BCUT2D eigenvalue weighted by Crippen LogP contribution is 2.23. The first kappa shape index (κ1) is 17.2. The minimum atomic E-state index is 0.320. The van der Waals surface area contributed by atoms with Crippen molar-refractivity contribution in [1.82, 2.24) is 5.32 Å². The maximum absolute atomic E-state index is 5.96. The van der Waals surface area contributed by atoms with E-state index in [-0.39, 0.29) is 0 Å². The predicted octanol–water partition coefficient (Wildman–Crippen LogP) is 5.16. The summed E-state index contributed by atoms with van der Waals surface area (Å²) in [6, 6.07) is 29.6. The van der Waals surface area contributed by atoms with Gasteiger partial charge >= 0.3 is 0 Å². The van der Waals surface area contributed by atoms with Crippen molar-refractivity contribution in [2.75, 3.05) is 7.05 Å². The van der Waals surface area contributed by atoms with Gasteiger partial charge in [0.15, 0.2) is 0 Å². The van der Waals surface area contributed by atoms with Crippen LogP contribution in [-0.2, 0) is 13.0 Å². The highest BCUT2D eigenvalue weighted by atomic mass is 16.5. The van der Waals surface area contributed by atoms with Gasteiger partial charge in [-0.25, -0.2) is 0 Å². The molecule has 0 aliphatic heterocycles. The van der Waals surface area contributed by atoms with Crippen LogP contribution in [0.1, 0.15) is 29.2 Å². The molecule has 0 aromatic heterocycles. The van der Waals surface area contributed by atoms with E-state index in [1.807, 2.05) is 31.3 Å². The van der Waals surface area contributed by atoms with E-state index in [0.29, 0.717) is 12.6 Å². The van der Waals surface area contributed by atoms with Gasteiger partial charge in [0.1, 0.15) is 12.4 Å². The third-order valence-corrected chi connectivity index (χ3v) is 4.42. The van der Waals surface area contributed by atoms with E-state index in [0.717, 1.165) is 18.6 Å². The van der Waals surface area contributed by atoms with Crippen LogP contribution in [0, 0.1) is 0 Å². The van der Waals surface area contributed by atoms with E-state index in [4.69, 9.17) is 4.74 Å². The van der Waals surface area contributed by atoms with Gasteiger partial charge in [-0.15, -0.1) is 0 Å². The van der Waals surface area contributed by atoms with Crippen molar-refractivity contribution in [3.05, 3.63) is 102 Å². The van der Waals surface area contributed by atoms with Gasteiger partial charge in [0, 0.05) is 6.04 Å². The third kappa shape index (κ3) is 5.20. The highest BCUT2D eigenvalue weighted by molar-refractivity contribution is 5.31. The quantitative estimate of drug-likeness (QED) is 0.615. The molecule has 0 radical (unpaired) electrons. The fraction of sp³-hybridized carbons (Fsp3) is 0.217. The summed E-state index contributed by atoms with van der Waals surface area (Å²) >= 11 is 0. The Kier molecular flexibility index (Phi) is 6.24. The number of benzene rings is 3. The maximum atomic E-state index is 5.96. The Bertz CT molecular complexity index is 755. The molecule has 0 spiro atoms. The van der Waals surface area contributed by atoms with Crippen molar-refractivity contribution < 1.29 is 4.74 Å². The SMILES string of the molecule is CNC(CCc1ccccc1)c1cccc(OCc2ccccc2)c1. The standard InChI is InChI=1S/C23H25NO/c1-24-23(16-15-19-9-4-2-5-10-19)21-13-8-14-22(17-21)25-18-20-11-6-3-7-12-20/h2-14,17,23-24H,15-16,18H2,1H3.